The first-order chi connectivity index (χ1) is 13.0. The second-order valence-electron chi connectivity index (χ2n) is 8.94. The van der Waals surface area contributed by atoms with Crippen molar-refractivity contribution in [2.75, 3.05) is 26.2 Å². The molecule has 1 atom stereocenters. The molecule has 2 aliphatic rings. The molecule has 1 aliphatic heterocycles. The molecule has 0 radical (unpaired) electrons. The maximum atomic E-state index is 4.48. The highest BCUT2D eigenvalue weighted by Gasteiger charge is 2.34. The third-order valence-corrected chi connectivity index (χ3v) is 6.04. The molecule has 0 spiro atoms. The second-order valence-corrected chi connectivity index (χ2v) is 8.94. The van der Waals surface area contributed by atoms with Crippen molar-refractivity contribution in [2.24, 2.45) is 0 Å². The highest BCUT2D eigenvalue weighted by Crippen LogP contribution is 2.31. The lowest BCUT2D eigenvalue weighted by molar-refractivity contribution is 0.0756. The first kappa shape index (κ1) is 18.6. The molecule has 1 aliphatic carbocycles. The summed E-state index contributed by atoms with van der Waals surface area (Å²) >= 11 is 0. The molecule has 1 aromatic carbocycles. The summed E-state index contributed by atoms with van der Waals surface area (Å²) in [6.45, 7) is 10.9. The van der Waals surface area contributed by atoms with Crippen molar-refractivity contribution in [3.8, 4) is 0 Å². The summed E-state index contributed by atoms with van der Waals surface area (Å²) in [5.74, 6) is 0.947. The van der Waals surface area contributed by atoms with Gasteiger partial charge in [-0.25, -0.2) is 4.68 Å². The molecule has 1 saturated carbocycles. The zero-order chi connectivity index (χ0) is 18.9. The van der Waals surface area contributed by atoms with E-state index in [0.717, 1.165) is 38.0 Å². The van der Waals surface area contributed by atoms with Gasteiger partial charge in [-0.15, -0.1) is 5.10 Å². The van der Waals surface area contributed by atoms with Gasteiger partial charge >= 0.3 is 0 Å². The van der Waals surface area contributed by atoms with Crippen molar-refractivity contribution >= 4 is 0 Å². The van der Waals surface area contributed by atoms with Crippen LogP contribution in [0.4, 0.5) is 0 Å². The fourth-order valence-electron chi connectivity index (χ4n) is 4.63. The fourth-order valence-corrected chi connectivity index (χ4v) is 4.63. The Hall–Kier alpha value is -1.79. The van der Waals surface area contributed by atoms with Gasteiger partial charge in [-0.1, -0.05) is 43.2 Å². The Morgan fingerprint density at radius 1 is 0.963 bits per heavy atom. The minimum absolute atomic E-state index is 0.103. The van der Waals surface area contributed by atoms with E-state index in [0.29, 0.717) is 0 Å². The highest BCUT2D eigenvalue weighted by molar-refractivity contribution is 5.25. The highest BCUT2D eigenvalue weighted by atomic mass is 15.6. The van der Waals surface area contributed by atoms with Gasteiger partial charge in [-0.2, -0.15) is 0 Å². The van der Waals surface area contributed by atoms with Crippen LogP contribution in [-0.4, -0.2) is 62.2 Å². The van der Waals surface area contributed by atoms with Crippen LogP contribution in [0.2, 0.25) is 0 Å². The lowest BCUT2D eigenvalue weighted by Gasteiger charge is -2.41. The number of aromatic nitrogens is 4. The number of rotatable bonds is 4. The summed E-state index contributed by atoms with van der Waals surface area (Å²) in [6.07, 6.45) is 5.56. The predicted octanol–water partition coefficient (Wildman–Crippen LogP) is 3.08. The quantitative estimate of drug-likeness (QED) is 0.830. The van der Waals surface area contributed by atoms with E-state index in [1.807, 2.05) is 4.68 Å². The minimum atomic E-state index is -0.141. The summed E-state index contributed by atoms with van der Waals surface area (Å²) < 4.78 is 1.99. The van der Waals surface area contributed by atoms with Gasteiger partial charge in [0, 0.05) is 32.2 Å². The van der Waals surface area contributed by atoms with Gasteiger partial charge in [-0.05, 0) is 49.6 Å². The van der Waals surface area contributed by atoms with Crippen LogP contribution in [0.5, 0.6) is 0 Å². The molecule has 2 heterocycles. The van der Waals surface area contributed by atoms with Crippen molar-refractivity contribution in [1.29, 1.82) is 0 Å². The second kappa shape index (κ2) is 7.68. The monoisotopic (exact) mass is 368 g/mol. The van der Waals surface area contributed by atoms with Gasteiger partial charge in [0.15, 0.2) is 5.82 Å². The van der Waals surface area contributed by atoms with Crippen LogP contribution in [-0.2, 0) is 5.54 Å². The molecule has 2 aromatic rings. The van der Waals surface area contributed by atoms with Crippen LogP contribution in [0, 0.1) is 0 Å². The smallest absolute Gasteiger partial charge is 0.173 e. The number of tetrazole rings is 1. The lowest BCUT2D eigenvalue weighted by Crippen LogP contribution is -2.51. The van der Waals surface area contributed by atoms with E-state index in [1.165, 1.54) is 31.2 Å². The molecule has 6 heteroatoms. The van der Waals surface area contributed by atoms with Gasteiger partial charge in [0.2, 0.25) is 0 Å². The SMILES string of the molecule is CC(C)(C)n1nnnc1[C@H](c1ccccc1)N1CCN(C2CCCC2)CC1. The summed E-state index contributed by atoms with van der Waals surface area (Å²) in [6, 6.07) is 11.6. The Labute approximate surface area is 162 Å². The standard InChI is InChI=1S/C21H32N6/c1-21(2,3)27-20(22-23-24-27)19(17-9-5-4-6-10-17)26-15-13-25(14-16-26)18-11-7-8-12-18/h4-6,9-10,18-19H,7-8,11-16H2,1-3H3/t19-/m0/s1. The Morgan fingerprint density at radius 2 is 1.63 bits per heavy atom. The topological polar surface area (TPSA) is 50.1 Å². The molecule has 1 saturated heterocycles. The normalized spacial score (nSPS) is 21.6. The van der Waals surface area contributed by atoms with Gasteiger partial charge in [0.05, 0.1) is 11.6 Å². The Bertz CT molecular complexity index is 721. The summed E-state index contributed by atoms with van der Waals surface area (Å²) in [5.41, 5.74) is 1.13. The van der Waals surface area contributed by atoms with Crippen LogP contribution < -0.4 is 0 Å². The largest absolute Gasteiger partial charge is 0.298 e. The fraction of sp³-hybridized carbons (Fsp3) is 0.667. The van der Waals surface area contributed by atoms with E-state index in [-0.39, 0.29) is 11.6 Å². The molecule has 0 bridgehead atoms. The van der Waals surface area contributed by atoms with E-state index in [1.54, 1.807) is 0 Å². The van der Waals surface area contributed by atoms with Crippen LogP contribution in [0.3, 0.4) is 0 Å². The molecule has 0 N–H and O–H groups in total. The third kappa shape index (κ3) is 3.92. The van der Waals surface area contributed by atoms with Crippen molar-refractivity contribution in [1.82, 2.24) is 30.0 Å². The maximum Gasteiger partial charge on any atom is 0.173 e. The number of hydrogen-bond donors (Lipinski definition) is 0. The Morgan fingerprint density at radius 3 is 2.26 bits per heavy atom. The minimum Gasteiger partial charge on any atom is -0.298 e. The van der Waals surface area contributed by atoms with Crippen LogP contribution in [0.25, 0.3) is 0 Å². The molecule has 0 unspecified atom stereocenters. The van der Waals surface area contributed by atoms with E-state index < -0.39 is 0 Å². The van der Waals surface area contributed by atoms with E-state index >= 15 is 0 Å². The zero-order valence-corrected chi connectivity index (χ0v) is 16.9. The maximum absolute atomic E-state index is 4.48. The number of nitrogens with zero attached hydrogens (tertiary/aromatic N) is 6. The average molecular weight is 369 g/mol. The van der Waals surface area contributed by atoms with Gasteiger partial charge in [-0.3, -0.25) is 9.80 Å². The van der Waals surface area contributed by atoms with Crippen molar-refractivity contribution < 1.29 is 0 Å². The van der Waals surface area contributed by atoms with Crippen LogP contribution in [0.15, 0.2) is 30.3 Å². The van der Waals surface area contributed by atoms with E-state index in [4.69, 9.17) is 0 Å². The first-order valence-electron chi connectivity index (χ1n) is 10.4. The molecule has 0 amide bonds. The molecule has 4 rings (SSSR count). The van der Waals surface area contributed by atoms with E-state index in [2.05, 4.69) is 76.4 Å². The van der Waals surface area contributed by atoms with Crippen LogP contribution >= 0.6 is 0 Å². The summed E-state index contributed by atoms with van der Waals surface area (Å²) in [5, 5.41) is 12.8. The number of benzene rings is 1. The molecule has 27 heavy (non-hydrogen) atoms. The third-order valence-electron chi connectivity index (χ3n) is 6.04. The van der Waals surface area contributed by atoms with Crippen molar-refractivity contribution in [3.05, 3.63) is 41.7 Å². The molecule has 2 fully saturated rings. The Balaban J connectivity index is 1.60. The van der Waals surface area contributed by atoms with E-state index in [9.17, 15) is 0 Å². The van der Waals surface area contributed by atoms with Gasteiger partial charge in [0.1, 0.15) is 0 Å². The van der Waals surface area contributed by atoms with Crippen LogP contribution in [0.1, 0.15) is 63.9 Å². The molecular weight excluding hydrogens is 336 g/mol. The molecule has 1 aromatic heterocycles. The molecule has 6 nitrogen and oxygen atoms in total. The first-order valence-corrected chi connectivity index (χ1v) is 10.4. The number of hydrogen-bond acceptors (Lipinski definition) is 5. The summed E-state index contributed by atoms with van der Waals surface area (Å²) in [4.78, 5) is 5.27. The predicted molar refractivity (Wildman–Crippen MR) is 107 cm³/mol. The average Bonchev–Trinajstić information content (AvgIpc) is 3.35. The molecular formula is C21H32N6. The Kier molecular flexibility index (Phi) is 5.28. The van der Waals surface area contributed by atoms with Crippen molar-refractivity contribution in [2.45, 2.75) is 64.1 Å². The number of piperazine rings is 1. The lowest BCUT2D eigenvalue weighted by atomic mass is 10.0. The van der Waals surface area contributed by atoms with Gasteiger partial charge in [0.25, 0.3) is 0 Å². The van der Waals surface area contributed by atoms with Gasteiger partial charge < -0.3 is 0 Å². The molecule has 146 valence electrons. The summed E-state index contributed by atoms with van der Waals surface area (Å²) in [7, 11) is 0. The zero-order valence-electron chi connectivity index (χ0n) is 16.9. The van der Waals surface area contributed by atoms with Crippen molar-refractivity contribution in [3.63, 3.8) is 0 Å².